The van der Waals surface area contributed by atoms with Crippen molar-refractivity contribution < 1.29 is 9.53 Å². The molecule has 4 rings (SSSR count). The Hall–Kier alpha value is -3.18. The summed E-state index contributed by atoms with van der Waals surface area (Å²) in [5, 5.41) is 0. The van der Waals surface area contributed by atoms with Gasteiger partial charge in [0.2, 0.25) is 0 Å². The SMILES string of the molecule is Cc1ccc(CN2CCCN(C(=O)c3ccc(OCc4cccnc4)cc3)CC2)cc1. The summed E-state index contributed by atoms with van der Waals surface area (Å²) in [6, 6.07) is 20.0. The molecule has 2 aromatic carbocycles. The van der Waals surface area contributed by atoms with Gasteiger partial charge < -0.3 is 9.64 Å². The number of nitrogens with zero attached hydrogens (tertiary/aromatic N) is 3. The van der Waals surface area contributed by atoms with E-state index in [0.717, 1.165) is 50.5 Å². The molecule has 31 heavy (non-hydrogen) atoms. The lowest BCUT2D eigenvalue weighted by Crippen LogP contribution is -2.35. The van der Waals surface area contributed by atoms with Crippen LogP contribution >= 0.6 is 0 Å². The number of hydrogen-bond donors (Lipinski definition) is 0. The van der Waals surface area contributed by atoms with E-state index in [1.165, 1.54) is 11.1 Å². The molecule has 1 saturated heterocycles. The molecule has 0 atom stereocenters. The summed E-state index contributed by atoms with van der Waals surface area (Å²) in [7, 11) is 0. The van der Waals surface area contributed by atoms with Gasteiger partial charge in [-0.2, -0.15) is 0 Å². The van der Waals surface area contributed by atoms with Gasteiger partial charge in [-0.15, -0.1) is 0 Å². The Morgan fingerprint density at radius 3 is 2.48 bits per heavy atom. The van der Waals surface area contributed by atoms with Gasteiger partial charge in [-0.1, -0.05) is 35.9 Å². The molecular weight excluding hydrogens is 386 g/mol. The highest BCUT2D eigenvalue weighted by Gasteiger charge is 2.20. The van der Waals surface area contributed by atoms with Crippen molar-refractivity contribution in [2.45, 2.75) is 26.5 Å². The number of rotatable bonds is 6. The Bertz CT molecular complexity index is 972. The summed E-state index contributed by atoms with van der Waals surface area (Å²) in [5.41, 5.74) is 4.33. The normalized spacial score (nSPS) is 14.8. The first kappa shape index (κ1) is 21.1. The van der Waals surface area contributed by atoms with Crippen LogP contribution in [0.15, 0.2) is 73.1 Å². The summed E-state index contributed by atoms with van der Waals surface area (Å²) >= 11 is 0. The molecule has 160 valence electrons. The first-order valence-electron chi connectivity index (χ1n) is 10.9. The standard InChI is InChI=1S/C26H29N3O2/c1-21-5-7-22(8-6-21)19-28-14-3-15-29(17-16-28)26(30)24-9-11-25(12-10-24)31-20-23-4-2-13-27-18-23/h2,4-13,18H,3,14-17,19-20H2,1H3. The van der Waals surface area contributed by atoms with Gasteiger partial charge in [0, 0.05) is 56.2 Å². The minimum atomic E-state index is 0.0935. The van der Waals surface area contributed by atoms with Crippen LogP contribution in [-0.2, 0) is 13.2 Å². The molecule has 1 aromatic heterocycles. The van der Waals surface area contributed by atoms with Crippen LogP contribution in [-0.4, -0.2) is 46.9 Å². The highest BCUT2D eigenvalue weighted by molar-refractivity contribution is 5.94. The average molecular weight is 416 g/mol. The maximum Gasteiger partial charge on any atom is 0.253 e. The minimum Gasteiger partial charge on any atom is -0.489 e. The lowest BCUT2D eigenvalue weighted by atomic mass is 10.1. The highest BCUT2D eigenvalue weighted by Crippen LogP contribution is 2.17. The third-order valence-corrected chi connectivity index (χ3v) is 5.63. The average Bonchev–Trinajstić information content (AvgIpc) is 3.05. The molecule has 5 heteroatoms. The van der Waals surface area contributed by atoms with Gasteiger partial charge in [-0.25, -0.2) is 0 Å². The second kappa shape index (κ2) is 10.2. The summed E-state index contributed by atoms with van der Waals surface area (Å²) in [5.74, 6) is 0.844. The van der Waals surface area contributed by atoms with Crippen LogP contribution in [0.4, 0.5) is 0 Å². The van der Waals surface area contributed by atoms with Gasteiger partial charge >= 0.3 is 0 Å². The van der Waals surface area contributed by atoms with Crippen LogP contribution in [0.1, 0.15) is 33.5 Å². The number of ether oxygens (including phenoxy) is 1. The Kier molecular flexibility index (Phi) is 6.95. The van der Waals surface area contributed by atoms with Gasteiger partial charge in [0.1, 0.15) is 12.4 Å². The van der Waals surface area contributed by atoms with Crippen LogP contribution in [0.25, 0.3) is 0 Å². The number of aromatic nitrogens is 1. The molecule has 0 unspecified atom stereocenters. The third-order valence-electron chi connectivity index (χ3n) is 5.63. The molecule has 0 aliphatic carbocycles. The van der Waals surface area contributed by atoms with Crippen molar-refractivity contribution in [1.29, 1.82) is 0 Å². The zero-order valence-electron chi connectivity index (χ0n) is 18.0. The van der Waals surface area contributed by atoms with Gasteiger partial charge in [-0.05, 0) is 49.2 Å². The Morgan fingerprint density at radius 1 is 0.935 bits per heavy atom. The maximum absolute atomic E-state index is 13.0. The summed E-state index contributed by atoms with van der Waals surface area (Å²) in [4.78, 5) is 21.5. The van der Waals surface area contributed by atoms with E-state index in [1.54, 1.807) is 12.4 Å². The van der Waals surface area contributed by atoms with Crippen molar-refractivity contribution in [2.24, 2.45) is 0 Å². The lowest BCUT2D eigenvalue weighted by Gasteiger charge is -2.22. The molecule has 1 aliphatic rings. The van der Waals surface area contributed by atoms with E-state index in [4.69, 9.17) is 4.74 Å². The van der Waals surface area contributed by atoms with Gasteiger partial charge in [0.15, 0.2) is 0 Å². The number of carbonyl (C=O) groups excluding carboxylic acids is 1. The predicted molar refractivity (Wildman–Crippen MR) is 122 cm³/mol. The number of carbonyl (C=O) groups is 1. The van der Waals surface area contributed by atoms with Crippen molar-refractivity contribution in [2.75, 3.05) is 26.2 Å². The monoisotopic (exact) mass is 415 g/mol. The number of benzene rings is 2. The number of hydrogen-bond acceptors (Lipinski definition) is 4. The molecule has 3 aromatic rings. The van der Waals surface area contributed by atoms with Crippen LogP contribution < -0.4 is 4.74 Å². The summed E-state index contributed by atoms with van der Waals surface area (Å²) in [6.45, 7) is 6.96. The maximum atomic E-state index is 13.0. The van der Waals surface area contributed by atoms with Gasteiger partial charge in [0.05, 0.1) is 0 Å². The van der Waals surface area contributed by atoms with E-state index in [2.05, 4.69) is 41.1 Å². The van der Waals surface area contributed by atoms with E-state index in [1.807, 2.05) is 41.3 Å². The van der Waals surface area contributed by atoms with Crippen LogP contribution in [0, 0.1) is 6.92 Å². The quantitative estimate of drug-likeness (QED) is 0.602. The predicted octanol–water partition coefficient (Wildman–Crippen LogP) is 4.32. The molecule has 2 heterocycles. The fraction of sp³-hybridized carbons (Fsp3) is 0.308. The van der Waals surface area contributed by atoms with E-state index < -0.39 is 0 Å². The van der Waals surface area contributed by atoms with Gasteiger partial charge in [0.25, 0.3) is 5.91 Å². The molecular formula is C26H29N3O2. The fourth-order valence-corrected chi connectivity index (χ4v) is 3.81. The zero-order valence-corrected chi connectivity index (χ0v) is 18.0. The molecule has 0 bridgehead atoms. The first-order valence-corrected chi connectivity index (χ1v) is 10.9. The number of aryl methyl sites for hydroxylation is 1. The first-order chi connectivity index (χ1) is 15.2. The van der Waals surface area contributed by atoms with Gasteiger partial charge in [-0.3, -0.25) is 14.7 Å². The second-order valence-corrected chi connectivity index (χ2v) is 8.08. The van der Waals surface area contributed by atoms with Crippen molar-refractivity contribution in [3.63, 3.8) is 0 Å². The van der Waals surface area contributed by atoms with Crippen molar-refractivity contribution in [3.05, 3.63) is 95.3 Å². The topological polar surface area (TPSA) is 45.7 Å². The smallest absolute Gasteiger partial charge is 0.253 e. The summed E-state index contributed by atoms with van der Waals surface area (Å²) in [6.07, 6.45) is 4.53. The third kappa shape index (κ3) is 5.92. The molecule has 0 N–H and O–H groups in total. The van der Waals surface area contributed by atoms with Crippen molar-refractivity contribution in [1.82, 2.24) is 14.8 Å². The molecule has 5 nitrogen and oxygen atoms in total. The van der Waals surface area contributed by atoms with E-state index in [-0.39, 0.29) is 5.91 Å². The number of amides is 1. The molecule has 1 amide bonds. The van der Waals surface area contributed by atoms with Crippen molar-refractivity contribution >= 4 is 5.91 Å². The lowest BCUT2D eigenvalue weighted by molar-refractivity contribution is 0.0761. The van der Waals surface area contributed by atoms with Crippen molar-refractivity contribution in [3.8, 4) is 5.75 Å². The summed E-state index contributed by atoms with van der Waals surface area (Å²) < 4.78 is 5.80. The largest absolute Gasteiger partial charge is 0.489 e. The number of pyridine rings is 1. The molecule has 0 spiro atoms. The Balaban J connectivity index is 1.30. The molecule has 1 fully saturated rings. The highest BCUT2D eigenvalue weighted by atomic mass is 16.5. The van der Waals surface area contributed by atoms with E-state index in [0.29, 0.717) is 12.2 Å². The molecule has 1 aliphatic heterocycles. The Morgan fingerprint density at radius 2 is 1.74 bits per heavy atom. The van der Waals surface area contributed by atoms with E-state index >= 15 is 0 Å². The van der Waals surface area contributed by atoms with E-state index in [9.17, 15) is 4.79 Å². The second-order valence-electron chi connectivity index (χ2n) is 8.08. The fourth-order valence-electron chi connectivity index (χ4n) is 3.81. The van der Waals surface area contributed by atoms with Crippen LogP contribution in [0.3, 0.4) is 0 Å². The van der Waals surface area contributed by atoms with Crippen LogP contribution in [0.2, 0.25) is 0 Å². The Labute approximate surface area is 184 Å². The minimum absolute atomic E-state index is 0.0935. The zero-order chi connectivity index (χ0) is 21.5. The molecule has 0 radical (unpaired) electrons. The van der Waals surface area contributed by atoms with Crippen LogP contribution in [0.5, 0.6) is 5.75 Å². The molecule has 0 saturated carbocycles.